The molecule has 0 aromatic rings. The summed E-state index contributed by atoms with van der Waals surface area (Å²) < 4.78 is 4.70. The fourth-order valence-corrected chi connectivity index (χ4v) is 1.46. The predicted molar refractivity (Wildman–Crippen MR) is 65.9 cm³/mol. The summed E-state index contributed by atoms with van der Waals surface area (Å²) in [5.74, 6) is -4.32. The second kappa shape index (κ2) is 8.49. The molecule has 116 valence electrons. The Morgan fingerprint density at radius 2 is 1.80 bits per heavy atom. The molecule has 4 N–H and O–H groups in total. The first kappa shape index (κ1) is 18.3. The van der Waals surface area contributed by atoms with Crippen molar-refractivity contribution in [2.75, 3.05) is 6.61 Å². The van der Waals surface area contributed by atoms with Crippen LogP contribution in [0.3, 0.4) is 0 Å². The van der Waals surface area contributed by atoms with Crippen LogP contribution in [0.4, 0.5) is 0 Å². The number of aliphatic hydroxyl groups excluding tert-OH is 1. The van der Waals surface area contributed by atoms with E-state index in [9.17, 15) is 24.6 Å². The third-order valence-electron chi connectivity index (χ3n) is 2.69. The summed E-state index contributed by atoms with van der Waals surface area (Å²) in [6.07, 6.45) is -1.12. The van der Waals surface area contributed by atoms with Crippen LogP contribution in [0.15, 0.2) is 0 Å². The number of carboxylic acids is 2. The van der Waals surface area contributed by atoms with E-state index in [0.717, 1.165) is 0 Å². The largest absolute Gasteiger partial charge is 0.481 e. The van der Waals surface area contributed by atoms with Gasteiger partial charge in [0.05, 0.1) is 25.6 Å². The van der Waals surface area contributed by atoms with Crippen molar-refractivity contribution in [1.82, 2.24) is 0 Å². The van der Waals surface area contributed by atoms with Gasteiger partial charge in [-0.15, -0.1) is 0 Å². The Hall–Kier alpha value is -1.67. The minimum Gasteiger partial charge on any atom is -0.481 e. The molecule has 2 atom stereocenters. The second-order valence-corrected chi connectivity index (χ2v) is 4.51. The molecule has 0 aliphatic carbocycles. The molecule has 0 fully saturated rings. The van der Waals surface area contributed by atoms with Crippen LogP contribution in [0.1, 0.15) is 39.0 Å². The van der Waals surface area contributed by atoms with E-state index in [4.69, 9.17) is 14.9 Å². The maximum atomic E-state index is 11.4. The van der Waals surface area contributed by atoms with Crippen molar-refractivity contribution in [3.05, 3.63) is 0 Å². The van der Waals surface area contributed by atoms with Crippen molar-refractivity contribution >= 4 is 17.9 Å². The lowest BCUT2D eigenvalue weighted by Crippen LogP contribution is -2.43. The zero-order valence-corrected chi connectivity index (χ0v) is 11.2. The van der Waals surface area contributed by atoms with Crippen molar-refractivity contribution in [2.45, 2.75) is 50.7 Å². The molecule has 0 saturated heterocycles. The Balaban J connectivity index is 4.21. The minimum absolute atomic E-state index is 0.0291. The quantitative estimate of drug-likeness (QED) is 0.319. The van der Waals surface area contributed by atoms with Gasteiger partial charge in [-0.25, -0.2) is 4.79 Å². The van der Waals surface area contributed by atoms with Crippen molar-refractivity contribution in [1.29, 1.82) is 0 Å². The number of ether oxygens (including phenoxy) is 1. The Bertz CT molecular complexity index is 353. The summed E-state index contributed by atoms with van der Waals surface area (Å²) in [6, 6.07) is 0. The Kier molecular flexibility index (Phi) is 7.78. The fourth-order valence-electron chi connectivity index (χ4n) is 1.46. The first-order chi connectivity index (χ1) is 9.21. The van der Waals surface area contributed by atoms with Gasteiger partial charge < -0.3 is 25.2 Å². The zero-order chi connectivity index (χ0) is 15.8. The number of rotatable bonds is 10. The number of esters is 1. The zero-order valence-electron chi connectivity index (χ0n) is 11.2. The summed E-state index contributed by atoms with van der Waals surface area (Å²) in [6.45, 7) is 1.77. The summed E-state index contributed by atoms with van der Waals surface area (Å²) in [5.41, 5.74) is -2.67. The van der Waals surface area contributed by atoms with Crippen molar-refractivity contribution in [3.63, 3.8) is 0 Å². The number of aliphatic carboxylic acids is 2. The van der Waals surface area contributed by atoms with Gasteiger partial charge in [0, 0.05) is 0 Å². The molecule has 0 bridgehead atoms. The van der Waals surface area contributed by atoms with Crippen LogP contribution in [0, 0.1) is 0 Å². The lowest BCUT2D eigenvalue weighted by Gasteiger charge is -2.20. The van der Waals surface area contributed by atoms with Gasteiger partial charge >= 0.3 is 17.9 Å². The molecule has 0 amide bonds. The number of carbonyl (C=O) groups excluding carboxylic acids is 1. The van der Waals surface area contributed by atoms with E-state index >= 15 is 0 Å². The normalized spacial score (nSPS) is 15.2. The topological polar surface area (TPSA) is 141 Å². The molecule has 8 nitrogen and oxygen atoms in total. The smallest absolute Gasteiger partial charge is 0.336 e. The molecule has 0 aromatic heterocycles. The van der Waals surface area contributed by atoms with Crippen LogP contribution >= 0.6 is 0 Å². The molecule has 0 saturated carbocycles. The summed E-state index contributed by atoms with van der Waals surface area (Å²) >= 11 is 0. The van der Waals surface area contributed by atoms with E-state index in [1.165, 1.54) is 0 Å². The van der Waals surface area contributed by atoms with Crippen molar-refractivity contribution in [3.8, 4) is 0 Å². The number of aliphatic hydroxyl groups is 2. The van der Waals surface area contributed by atoms with Gasteiger partial charge in [-0.3, -0.25) is 9.59 Å². The standard InChI is InChI=1S/C12H20O8/c1-2-8(13)4-3-5-20-10(16)7-12(19,11(17)18)6-9(14)15/h8,13,19H,2-7H2,1H3,(H,14,15)(H,17,18). The van der Waals surface area contributed by atoms with Gasteiger partial charge in [0.15, 0.2) is 5.60 Å². The van der Waals surface area contributed by atoms with E-state index in [2.05, 4.69) is 0 Å². The highest BCUT2D eigenvalue weighted by atomic mass is 16.5. The number of carboxylic acid groups (broad SMARTS) is 2. The third kappa shape index (κ3) is 7.05. The van der Waals surface area contributed by atoms with Crippen molar-refractivity contribution in [2.24, 2.45) is 0 Å². The molecular weight excluding hydrogens is 272 g/mol. The monoisotopic (exact) mass is 292 g/mol. The molecule has 20 heavy (non-hydrogen) atoms. The number of carbonyl (C=O) groups is 3. The lowest BCUT2D eigenvalue weighted by molar-refractivity contribution is -0.172. The maximum absolute atomic E-state index is 11.4. The Labute approximate surface area is 116 Å². The minimum atomic E-state index is -2.67. The van der Waals surface area contributed by atoms with E-state index < -0.39 is 42.5 Å². The van der Waals surface area contributed by atoms with Gasteiger partial charge in [0.2, 0.25) is 0 Å². The second-order valence-electron chi connectivity index (χ2n) is 4.51. The highest BCUT2D eigenvalue weighted by Gasteiger charge is 2.41. The number of hydrogen-bond donors (Lipinski definition) is 4. The van der Waals surface area contributed by atoms with Crippen LogP contribution in [-0.4, -0.2) is 56.6 Å². The highest BCUT2D eigenvalue weighted by molar-refractivity contribution is 5.88. The molecule has 2 unspecified atom stereocenters. The molecule has 0 heterocycles. The summed E-state index contributed by atoms with van der Waals surface area (Å²) in [5, 5.41) is 36.1. The molecule has 0 radical (unpaired) electrons. The Morgan fingerprint density at radius 3 is 2.25 bits per heavy atom. The highest BCUT2D eigenvalue weighted by Crippen LogP contribution is 2.17. The fraction of sp³-hybridized carbons (Fsp3) is 0.750. The van der Waals surface area contributed by atoms with Crippen molar-refractivity contribution < 1.29 is 39.5 Å². The maximum Gasteiger partial charge on any atom is 0.336 e. The molecule has 0 aliphatic rings. The molecular formula is C12H20O8. The summed E-state index contributed by atoms with van der Waals surface area (Å²) in [7, 11) is 0. The van der Waals surface area contributed by atoms with Gasteiger partial charge in [0.1, 0.15) is 0 Å². The summed E-state index contributed by atoms with van der Waals surface area (Å²) in [4.78, 5) is 32.6. The lowest BCUT2D eigenvalue weighted by atomic mass is 9.96. The van der Waals surface area contributed by atoms with Crippen LogP contribution in [-0.2, 0) is 19.1 Å². The van der Waals surface area contributed by atoms with Gasteiger partial charge in [-0.2, -0.15) is 0 Å². The first-order valence-electron chi connectivity index (χ1n) is 6.22. The molecule has 0 spiro atoms. The molecule has 0 rings (SSSR count). The predicted octanol–water partition coefficient (Wildman–Crippen LogP) is -0.239. The van der Waals surface area contributed by atoms with E-state index in [-0.39, 0.29) is 6.61 Å². The average Bonchev–Trinajstić information content (AvgIpc) is 2.32. The van der Waals surface area contributed by atoms with Crippen LogP contribution in [0.5, 0.6) is 0 Å². The SMILES string of the molecule is CCC(O)CCCOC(=O)CC(O)(CC(=O)O)C(=O)O. The molecule has 8 heteroatoms. The average molecular weight is 292 g/mol. The van der Waals surface area contributed by atoms with Crippen LogP contribution < -0.4 is 0 Å². The van der Waals surface area contributed by atoms with Crippen LogP contribution in [0.25, 0.3) is 0 Å². The number of hydrogen-bond acceptors (Lipinski definition) is 6. The van der Waals surface area contributed by atoms with Gasteiger partial charge in [-0.05, 0) is 19.3 Å². The van der Waals surface area contributed by atoms with E-state index in [1.807, 2.05) is 0 Å². The van der Waals surface area contributed by atoms with E-state index in [1.54, 1.807) is 6.92 Å². The van der Waals surface area contributed by atoms with Gasteiger partial charge in [0.25, 0.3) is 0 Å². The first-order valence-corrected chi connectivity index (χ1v) is 6.22. The van der Waals surface area contributed by atoms with Gasteiger partial charge in [-0.1, -0.05) is 6.92 Å². The third-order valence-corrected chi connectivity index (χ3v) is 2.69. The van der Waals surface area contributed by atoms with Crippen LogP contribution in [0.2, 0.25) is 0 Å². The van der Waals surface area contributed by atoms with E-state index in [0.29, 0.717) is 19.3 Å². The molecule has 0 aromatic carbocycles. The Morgan fingerprint density at radius 1 is 1.20 bits per heavy atom. The molecule has 0 aliphatic heterocycles.